The van der Waals surface area contributed by atoms with Crippen LogP contribution in [0.25, 0.3) is 0 Å². The molecule has 0 amide bonds. The average molecular weight is 237 g/mol. The van der Waals surface area contributed by atoms with Crippen molar-refractivity contribution in [3.8, 4) is 0 Å². The van der Waals surface area contributed by atoms with Crippen molar-refractivity contribution in [1.82, 2.24) is 19.7 Å². The molecule has 5 heteroatoms. The highest BCUT2D eigenvalue weighted by atomic mass is 35.5. The van der Waals surface area contributed by atoms with E-state index in [1.54, 1.807) is 0 Å². The Morgan fingerprint density at radius 3 is 2.81 bits per heavy atom. The van der Waals surface area contributed by atoms with Gasteiger partial charge in [0.05, 0.1) is 12.2 Å². The van der Waals surface area contributed by atoms with Crippen molar-refractivity contribution in [3.63, 3.8) is 0 Å². The van der Waals surface area contributed by atoms with Crippen LogP contribution < -0.4 is 0 Å². The van der Waals surface area contributed by atoms with Crippen LogP contribution in [0.2, 0.25) is 5.28 Å². The van der Waals surface area contributed by atoms with Crippen molar-refractivity contribution in [2.75, 3.05) is 0 Å². The molecule has 0 spiro atoms. The predicted octanol–water partition coefficient (Wildman–Crippen LogP) is 2.25. The Morgan fingerprint density at radius 1 is 1.31 bits per heavy atom. The van der Waals surface area contributed by atoms with Crippen LogP contribution >= 0.6 is 11.6 Å². The molecular weight excluding hydrogens is 224 g/mol. The van der Waals surface area contributed by atoms with Crippen LogP contribution in [-0.2, 0) is 13.0 Å². The molecule has 4 nitrogen and oxygen atoms in total. The maximum atomic E-state index is 5.97. The SMILES string of the molecule is CCc1nnc(Cl)n1Cc1cccc(C)n1. The first-order chi connectivity index (χ1) is 7.70. The van der Waals surface area contributed by atoms with Crippen molar-refractivity contribution in [2.45, 2.75) is 26.8 Å². The molecule has 0 saturated heterocycles. The quantitative estimate of drug-likeness (QED) is 0.821. The molecule has 0 unspecified atom stereocenters. The van der Waals surface area contributed by atoms with Gasteiger partial charge in [-0.3, -0.25) is 9.55 Å². The summed E-state index contributed by atoms with van der Waals surface area (Å²) in [5.74, 6) is 0.883. The van der Waals surface area contributed by atoms with E-state index in [0.29, 0.717) is 11.8 Å². The zero-order chi connectivity index (χ0) is 11.5. The molecule has 0 bridgehead atoms. The highest BCUT2D eigenvalue weighted by molar-refractivity contribution is 6.28. The van der Waals surface area contributed by atoms with Gasteiger partial charge in [-0.25, -0.2) is 0 Å². The molecule has 2 aromatic rings. The monoisotopic (exact) mass is 236 g/mol. The lowest BCUT2D eigenvalue weighted by Crippen LogP contribution is -2.06. The second-order valence-electron chi connectivity index (χ2n) is 3.60. The van der Waals surface area contributed by atoms with Gasteiger partial charge in [-0.15, -0.1) is 10.2 Å². The minimum Gasteiger partial charge on any atom is -0.296 e. The highest BCUT2D eigenvalue weighted by Gasteiger charge is 2.09. The van der Waals surface area contributed by atoms with Crippen molar-refractivity contribution in [2.24, 2.45) is 0 Å². The standard InChI is InChI=1S/C11H13ClN4/c1-3-10-14-15-11(12)16(10)7-9-6-4-5-8(2)13-9/h4-6H,3,7H2,1-2H3. The van der Waals surface area contributed by atoms with Gasteiger partial charge in [0.2, 0.25) is 5.28 Å². The zero-order valence-corrected chi connectivity index (χ0v) is 10.1. The number of hydrogen-bond donors (Lipinski definition) is 0. The summed E-state index contributed by atoms with van der Waals surface area (Å²) in [6.07, 6.45) is 0.811. The summed E-state index contributed by atoms with van der Waals surface area (Å²) in [5, 5.41) is 8.28. The molecule has 2 heterocycles. The van der Waals surface area contributed by atoms with Crippen LogP contribution in [0.1, 0.15) is 24.1 Å². The fraction of sp³-hybridized carbons (Fsp3) is 0.364. The van der Waals surface area contributed by atoms with E-state index in [4.69, 9.17) is 11.6 Å². The number of pyridine rings is 1. The molecule has 84 valence electrons. The van der Waals surface area contributed by atoms with E-state index in [2.05, 4.69) is 15.2 Å². The fourth-order valence-corrected chi connectivity index (χ4v) is 1.78. The second-order valence-corrected chi connectivity index (χ2v) is 3.93. The van der Waals surface area contributed by atoms with E-state index in [-0.39, 0.29) is 0 Å². The van der Waals surface area contributed by atoms with E-state index in [0.717, 1.165) is 23.6 Å². The van der Waals surface area contributed by atoms with E-state index in [9.17, 15) is 0 Å². The highest BCUT2D eigenvalue weighted by Crippen LogP contribution is 2.11. The summed E-state index contributed by atoms with van der Waals surface area (Å²) in [6.45, 7) is 4.62. The molecule has 0 atom stereocenters. The van der Waals surface area contributed by atoms with E-state index < -0.39 is 0 Å². The van der Waals surface area contributed by atoms with Gasteiger partial charge in [-0.05, 0) is 30.7 Å². The Balaban J connectivity index is 2.29. The molecule has 2 aromatic heterocycles. The fourth-order valence-electron chi connectivity index (χ4n) is 1.58. The molecule has 0 aliphatic heterocycles. The van der Waals surface area contributed by atoms with Gasteiger partial charge in [0.15, 0.2) is 0 Å². The van der Waals surface area contributed by atoms with Crippen molar-refractivity contribution >= 4 is 11.6 Å². The van der Waals surface area contributed by atoms with Crippen molar-refractivity contribution in [3.05, 3.63) is 40.7 Å². The van der Waals surface area contributed by atoms with Crippen LogP contribution in [0.5, 0.6) is 0 Å². The summed E-state index contributed by atoms with van der Waals surface area (Å²) >= 11 is 5.97. The van der Waals surface area contributed by atoms with Crippen LogP contribution in [0, 0.1) is 6.92 Å². The maximum absolute atomic E-state index is 5.97. The van der Waals surface area contributed by atoms with Gasteiger partial charge in [0.25, 0.3) is 0 Å². The molecule has 16 heavy (non-hydrogen) atoms. The lowest BCUT2D eigenvalue weighted by molar-refractivity contribution is 0.715. The Bertz CT molecular complexity index is 492. The van der Waals surface area contributed by atoms with E-state index in [1.165, 1.54) is 0 Å². The van der Waals surface area contributed by atoms with Crippen LogP contribution in [-0.4, -0.2) is 19.7 Å². The van der Waals surface area contributed by atoms with E-state index >= 15 is 0 Å². The third-order valence-electron chi connectivity index (χ3n) is 2.36. The Hall–Kier alpha value is -1.42. The Kier molecular flexibility index (Phi) is 3.19. The van der Waals surface area contributed by atoms with Crippen LogP contribution in [0.4, 0.5) is 0 Å². The van der Waals surface area contributed by atoms with Gasteiger partial charge in [0.1, 0.15) is 5.82 Å². The van der Waals surface area contributed by atoms with Gasteiger partial charge in [-0.2, -0.15) is 0 Å². The number of hydrogen-bond acceptors (Lipinski definition) is 3. The summed E-state index contributed by atoms with van der Waals surface area (Å²) in [7, 11) is 0. The van der Waals surface area contributed by atoms with Crippen molar-refractivity contribution < 1.29 is 0 Å². The molecule has 2 rings (SSSR count). The molecule has 0 N–H and O–H groups in total. The number of halogens is 1. The molecule has 0 saturated carbocycles. The molecular formula is C11H13ClN4. The minimum absolute atomic E-state index is 0.417. The molecule has 0 aliphatic carbocycles. The van der Waals surface area contributed by atoms with Crippen molar-refractivity contribution in [1.29, 1.82) is 0 Å². The number of nitrogens with zero attached hydrogens (tertiary/aromatic N) is 4. The number of aryl methyl sites for hydroxylation is 2. The summed E-state index contributed by atoms with van der Waals surface area (Å²) in [4.78, 5) is 4.43. The lowest BCUT2D eigenvalue weighted by Gasteiger charge is -2.06. The first kappa shape index (κ1) is 11.1. The molecule has 0 fully saturated rings. The second kappa shape index (κ2) is 4.61. The van der Waals surface area contributed by atoms with Gasteiger partial charge in [-0.1, -0.05) is 13.0 Å². The van der Waals surface area contributed by atoms with Gasteiger partial charge in [0, 0.05) is 12.1 Å². The minimum atomic E-state index is 0.417. The Labute approximate surface area is 99.3 Å². The van der Waals surface area contributed by atoms with Crippen LogP contribution in [0.3, 0.4) is 0 Å². The number of aromatic nitrogens is 4. The first-order valence-corrected chi connectivity index (χ1v) is 5.58. The molecule has 0 radical (unpaired) electrons. The topological polar surface area (TPSA) is 43.6 Å². The third kappa shape index (κ3) is 2.22. The molecule has 0 aromatic carbocycles. The zero-order valence-electron chi connectivity index (χ0n) is 9.31. The normalized spacial score (nSPS) is 10.7. The first-order valence-electron chi connectivity index (χ1n) is 5.21. The number of rotatable bonds is 3. The van der Waals surface area contributed by atoms with Crippen LogP contribution in [0.15, 0.2) is 18.2 Å². The Morgan fingerprint density at radius 2 is 2.12 bits per heavy atom. The summed E-state index contributed by atoms with van der Waals surface area (Å²) in [6, 6.07) is 5.93. The molecule has 0 aliphatic rings. The third-order valence-corrected chi connectivity index (χ3v) is 2.64. The van der Waals surface area contributed by atoms with Gasteiger partial charge >= 0.3 is 0 Å². The largest absolute Gasteiger partial charge is 0.296 e. The predicted molar refractivity (Wildman–Crippen MR) is 62.5 cm³/mol. The summed E-state index contributed by atoms with van der Waals surface area (Å²) < 4.78 is 1.88. The van der Waals surface area contributed by atoms with E-state index in [1.807, 2.05) is 36.6 Å². The van der Waals surface area contributed by atoms with Gasteiger partial charge < -0.3 is 0 Å². The lowest BCUT2D eigenvalue weighted by atomic mass is 10.3. The summed E-state index contributed by atoms with van der Waals surface area (Å²) in [5.41, 5.74) is 1.97. The maximum Gasteiger partial charge on any atom is 0.225 e. The average Bonchev–Trinajstić information content (AvgIpc) is 2.60. The smallest absolute Gasteiger partial charge is 0.225 e.